The fraction of sp³-hybridized carbons (Fsp3) is 0.467. The van der Waals surface area contributed by atoms with Gasteiger partial charge in [0, 0.05) is 38.8 Å². The number of nitrogens with one attached hydrogen (secondary N) is 1. The lowest BCUT2D eigenvalue weighted by molar-refractivity contribution is -0.134. The van der Waals surface area contributed by atoms with Crippen LogP contribution in [0.25, 0.3) is 0 Å². The molecule has 0 bridgehead atoms. The van der Waals surface area contributed by atoms with Gasteiger partial charge in [0.05, 0.1) is 0 Å². The normalized spacial score (nSPS) is 15.7. The lowest BCUT2D eigenvalue weighted by Crippen LogP contribution is -2.44. The summed E-state index contributed by atoms with van der Waals surface area (Å²) < 4.78 is 12.8. The number of likely N-dealkylation sites (tertiary alicyclic amines) is 1. The third-order valence-corrected chi connectivity index (χ3v) is 3.67. The van der Waals surface area contributed by atoms with Crippen LogP contribution >= 0.6 is 0 Å². The van der Waals surface area contributed by atoms with Crippen molar-refractivity contribution in [1.82, 2.24) is 9.80 Å². The Morgan fingerprint density at radius 1 is 1.19 bits per heavy atom. The third-order valence-electron chi connectivity index (χ3n) is 3.67. The van der Waals surface area contributed by atoms with E-state index in [-0.39, 0.29) is 23.7 Å². The minimum absolute atomic E-state index is 0.00475. The fourth-order valence-electron chi connectivity index (χ4n) is 2.43. The predicted octanol–water partition coefficient (Wildman–Crippen LogP) is 2.16. The summed E-state index contributed by atoms with van der Waals surface area (Å²) in [5.74, 6) is -0.223. The van der Waals surface area contributed by atoms with Gasteiger partial charge in [0.15, 0.2) is 0 Å². The smallest absolute Gasteiger partial charge is 0.321 e. The van der Waals surface area contributed by atoms with E-state index in [4.69, 9.17) is 0 Å². The van der Waals surface area contributed by atoms with Crippen LogP contribution in [0.15, 0.2) is 24.3 Å². The molecule has 1 aromatic rings. The van der Waals surface area contributed by atoms with Crippen molar-refractivity contribution in [2.24, 2.45) is 5.92 Å². The van der Waals surface area contributed by atoms with Gasteiger partial charge in [0.2, 0.25) is 5.91 Å². The van der Waals surface area contributed by atoms with Gasteiger partial charge < -0.3 is 15.1 Å². The molecule has 1 aliphatic heterocycles. The van der Waals surface area contributed by atoms with E-state index in [2.05, 4.69) is 5.32 Å². The number of piperidine rings is 1. The van der Waals surface area contributed by atoms with Crippen LogP contribution in [0.5, 0.6) is 0 Å². The number of rotatable bonds is 2. The SMILES string of the molecule is CN(C)C(=O)C1CCN(C(=O)Nc2ccc(F)cc2)CC1. The van der Waals surface area contributed by atoms with Gasteiger partial charge in [-0.3, -0.25) is 4.79 Å². The largest absolute Gasteiger partial charge is 0.349 e. The Kier molecular flexibility index (Phi) is 4.77. The predicted molar refractivity (Wildman–Crippen MR) is 78.4 cm³/mol. The average Bonchev–Trinajstić information content (AvgIpc) is 2.49. The Morgan fingerprint density at radius 3 is 2.29 bits per heavy atom. The molecule has 1 N–H and O–H groups in total. The quantitative estimate of drug-likeness (QED) is 0.908. The van der Waals surface area contributed by atoms with Crippen molar-refractivity contribution >= 4 is 17.6 Å². The van der Waals surface area contributed by atoms with Crippen molar-refractivity contribution in [3.63, 3.8) is 0 Å². The summed E-state index contributed by atoms with van der Waals surface area (Å²) in [5.41, 5.74) is 0.563. The van der Waals surface area contributed by atoms with Crippen molar-refractivity contribution in [3.05, 3.63) is 30.1 Å². The highest BCUT2D eigenvalue weighted by atomic mass is 19.1. The maximum atomic E-state index is 12.8. The first kappa shape index (κ1) is 15.3. The summed E-state index contributed by atoms with van der Waals surface area (Å²) in [5, 5.41) is 2.73. The van der Waals surface area contributed by atoms with E-state index >= 15 is 0 Å². The number of carbonyl (C=O) groups excluding carboxylic acids is 2. The highest BCUT2D eigenvalue weighted by Gasteiger charge is 2.28. The maximum Gasteiger partial charge on any atom is 0.321 e. The topological polar surface area (TPSA) is 52.7 Å². The number of urea groups is 1. The van der Waals surface area contributed by atoms with E-state index in [1.54, 1.807) is 23.9 Å². The molecule has 1 heterocycles. The number of nitrogens with zero attached hydrogens (tertiary/aromatic N) is 2. The number of amides is 3. The monoisotopic (exact) mass is 293 g/mol. The van der Waals surface area contributed by atoms with Gasteiger partial charge in [0.25, 0.3) is 0 Å². The minimum Gasteiger partial charge on any atom is -0.349 e. The van der Waals surface area contributed by atoms with Crippen LogP contribution < -0.4 is 5.32 Å². The van der Waals surface area contributed by atoms with Gasteiger partial charge in [-0.25, -0.2) is 9.18 Å². The third kappa shape index (κ3) is 3.93. The van der Waals surface area contributed by atoms with Crippen LogP contribution in [0, 0.1) is 11.7 Å². The number of hydrogen-bond acceptors (Lipinski definition) is 2. The maximum absolute atomic E-state index is 12.8. The average molecular weight is 293 g/mol. The molecule has 0 aliphatic carbocycles. The molecule has 0 unspecified atom stereocenters. The first-order valence-corrected chi connectivity index (χ1v) is 7.00. The number of halogens is 1. The van der Waals surface area contributed by atoms with Crippen LogP contribution in [0.3, 0.4) is 0 Å². The lowest BCUT2D eigenvalue weighted by Gasteiger charge is -2.32. The standard InChI is InChI=1S/C15H20FN3O2/c1-18(2)14(20)11-7-9-19(10-8-11)15(21)17-13-5-3-12(16)4-6-13/h3-6,11H,7-10H2,1-2H3,(H,17,21). The second-order valence-electron chi connectivity index (χ2n) is 5.43. The van der Waals surface area contributed by atoms with E-state index in [1.807, 2.05) is 0 Å². The first-order valence-electron chi connectivity index (χ1n) is 7.00. The minimum atomic E-state index is -0.337. The lowest BCUT2D eigenvalue weighted by atomic mass is 9.96. The van der Waals surface area contributed by atoms with Crippen molar-refractivity contribution < 1.29 is 14.0 Å². The molecule has 5 nitrogen and oxygen atoms in total. The van der Waals surface area contributed by atoms with Gasteiger partial charge in [-0.1, -0.05) is 0 Å². The molecule has 0 radical (unpaired) electrons. The summed E-state index contributed by atoms with van der Waals surface area (Å²) in [7, 11) is 3.49. The zero-order valence-electron chi connectivity index (χ0n) is 12.3. The summed E-state index contributed by atoms with van der Waals surface area (Å²) >= 11 is 0. The molecule has 1 saturated heterocycles. The van der Waals surface area contributed by atoms with E-state index in [0.29, 0.717) is 31.6 Å². The molecular formula is C15H20FN3O2. The van der Waals surface area contributed by atoms with Gasteiger partial charge in [-0.15, -0.1) is 0 Å². The first-order chi connectivity index (χ1) is 9.97. The van der Waals surface area contributed by atoms with Gasteiger partial charge in [-0.2, -0.15) is 0 Å². The second kappa shape index (κ2) is 6.56. The molecule has 114 valence electrons. The molecule has 0 atom stereocenters. The van der Waals surface area contributed by atoms with Crippen molar-refractivity contribution in [1.29, 1.82) is 0 Å². The highest BCUT2D eigenvalue weighted by Crippen LogP contribution is 2.20. The molecule has 3 amide bonds. The summed E-state index contributed by atoms with van der Waals surface area (Å²) in [4.78, 5) is 27.2. The molecule has 6 heteroatoms. The van der Waals surface area contributed by atoms with Crippen LogP contribution in [0.1, 0.15) is 12.8 Å². The molecule has 1 fully saturated rings. The van der Waals surface area contributed by atoms with E-state index in [1.165, 1.54) is 24.3 Å². The molecule has 0 aromatic heterocycles. The Bertz CT molecular complexity index is 508. The van der Waals surface area contributed by atoms with Crippen LogP contribution in [0.2, 0.25) is 0 Å². The summed E-state index contributed by atoms with van der Waals surface area (Å²) in [6.07, 6.45) is 1.35. The molecule has 1 aromatic carbocycles. The van der Waals surface area contributed by atoms with E-state index < -0.39 is 0 Å². The van der Waals surface area contributed by atoms with E-state index in [0.717, 1.165) is 0 Å². The number of carbonyl (C=O) groups is 2. The van der Waals surface area contributed by atoms with E-state index in [9.17, 15) is 14.0 Å². The molecule has 2 rings (SSSR count). The zero-order chi connectivity index (χ0) is 15.4. The molecular weight excluding hydrogens is 273 g/mol. The molecule has 1 aliphatic rings. The number of anilines is 1. The molecule has 21 heavy (non-hydrogen) atoms. The van der Waals surface area contributed by atoms with Gasteiger partial charge in [0.1, 0.15) is 5.82 Å². The molecule has 0 saturated carbocycles. The summed E-state index contributed by atoms with van der Waals surface area (Å²) in [6, 6.07) is 5.44. The Labute approximate surface area is 123 Å². The van der Waals surface area contributed by atoms with Gasteiger partial charge >= 0.3 is 6.03 Å². The van der Waals surface area contributed by atoms with Crippen LogP contribution in [-0.4, -0.2) is 48.9 Å². The Hall–Kier alpha value is -2.11. The van der Waals surface area contributed by atoms with Gasteiger partial charge in [-0.05, 0) is 37.1 Å². The highest BCUT2D eigenvalue weighted by molar-refractivity contribution is 5.89. The Morgan fingerprint density at radius 2 is 1.76 bits per heavy atom. The number of benzene rings is 1. The van der Waals surface area contributed by atoms with Crippen molar-refractivity contribution in [2.45, 2.75) is 12.8 Å². The van der Waals surface area contributed by atoms with Crippen molar-refractivity contribution in [3.8, 4) is 0 Å². The number of hydrogen-bond donors (Lipinski definition) is 1. The Balaban J connectivity index is 1.86. The van der Waals surface area contributed by atoms with Crippen molar-refractivity contribution in [2.75, 3.05) is 32.5 Å². The second-order valence-corrected chi connectivity index (χ2v) is 5.43. The van der Waals surface area contributed by atoms with Crippen LogP contribution in [-0.2, 0) is 4.79 Å². The van der Waals surface area contributed by atoms with Crippen LogP contribution in [0.4, 0.5) is 14.9 Å². The fourth-order valence-corrected chi connectivity index (χ4v) is 2.43. The zero-order valence-corrected chi connectivity index (χ0v) is 12.3. The molecule has 0 spiro atoms. The summed E-state index contributed by atoms with van der Waals surface area (Å²) in [6.45, 7) is 1.11.